The molecule has 2 aromatic rings. The molecule has 2 aromatic carbocycles. The van der Waals surface area contributed by atoms with Crippen molar-refractivity contribution < 1.29 is 9.47 Å². The molecule has 2 nitrogen and oxygen atoms in total. The Hall–Kier alpha value is -1.64. The summed E-state index contributed by atoms with van der Waals surface area (Å²) in [5.41, 5.74) is 2.70. The van der Waals surface area contributed by atoms with E-state index in [9.17, 15) is 0 Å². The number of hydrogen-bond acceptors (Lipinski definition) is 2. The minimum absolute atomic E-state index is 0.279. The minimum atomic E-state index is -0.495. The molecule has 0 radical (unpaired) electrons. The molecule has 2 atom stereocenters. The Morgan fingerprint density at radius 2 is 1.86 bits per heavy atom. The fraction of sp³-hybridized carbons (Fsp3) is 0.400. The molecule has 0 amide bonds. The van der Waals surface area contributed by atoms with E-state index in [1.807, 2.05) is 0 Å². The number of fused-ring (bicyclic) bond motifs is 5. The topological polar surface area (TPSA) is 18.5 Å². The summed E-state index contributed by atoms with van der Waals surface area (Å²) in [5.74, 6) is 0.286. The monoisotopic (exact) mass is 294 g/mol. The highest BCUT2D eigenvalue weighted by molar-refractivity contribution is 5.92. The summed E-state index contributed by atoms with van der Waals surface area (Å²) < 4.78 is 11.8. The summed E-state index contributed by atoms with van der Waals surface area (Å²) in [4.78, 5) is 0. The first-order chi connectivity index (χ1) is 10.8. The molecule has 0 bridgehead atoms. The van der Waals surface area contributed by atoms with E-state index < -0.39 is 5.79 Å². The van der Waals surface area contributed by atoms with E-state index >= 15 is 0 Å². The summed E-state index contributed by atoms with van der Waals surface area (Å²) in [5, 5.41) is 2.61. The number of ether oxygens (including phenoxy) is 2. The number of hydrogen-bond donors (Lipinski definition) is 0. The molecule has 22 heavy (non-hydrogen) atoms. The molecule has 1 saturated carbocycles. The van der Waals surface area contributed by atoms with Gasteiger partial charge in [-0.1, -0.05) is 48.6 Å². The van der Waals surface area contributed by atoms with Crippen LogP contribution in [0, 0.1) is 5.92 Å². The number of benzene rings is 2. The molecular weight excluding hydrogens is 272 g/mol. The first kappa shape index (κ1) is 14.0. The molecule has 0 aromatic heterocycles. The summed E-state index contributed by atoms with van der Waals surface area (Å²) in [7, 11) is 3.57. The normalized spacial score (nSPS) is 25.7. The van der Waals surface area contributed by atoms with Crippen molar-refractivity contribution in [3.05, 3.63) is 53.6 Å². The Morgan fingerprint density at radius 3 is 2.68 bits per heavy atom. The van der Waals surface area contributed by atoms with Crippen molar-refractivity contribution in [2.45, 2.75) is 31.0 Å². The van der Waals surface area contributed by atoms with Gasteiger partial charge in [0.15, 0.2) is 5.79 Å². The van der Waals surface area contributed by atoms with Crippen molar-refractivity contribution in [1.29, 1.82) is 0 Å². The van der Waals surface area contributed by atoms with E-state index in [4.69, 9.17) is 9.47 Å². The predicted molar refractivity (Wildman–Crippen MR) is 89.8 cm³/mol. The van der Waals surface area contributed by atoms with Crippen molar-refractivity contribution in [1.82, 2.24) is 0 Å². The van der Waals surface area contributed by atoms with Gasteiger partial charge in [0.05, 0.1) is 0 Å². The molecule has 0 heterocycles. The van der Waals surface area contributed by atoms with Gasteiger partial charge in [-0.3, -0.25) is 0 Å². The molecule has 0 saturated heterocycles. The molecule has 1 fully saturated rings. The molecule has 2 aliphatic rings. The lowest BCUT2D eigenvalue weighted by Gasteiger charge is -2.47. The van der Waals surface area contributed by atoms with Gasteiger partial charge in [0.25, 0.3) is 0 Å². The quantitative estimate of drug-likeness (QED) is 0.745. The van der Waals surface area contributed by atoms with Gasteiger partial charge in [-0.05, 0) is 40.7 Å². The van der Waals surface area contributed by atoms with Crippen LogP contribution in [0.4, 0.5) is 0 Å². The first-order valence-corrected chi connectivity index (χ1v) is 8.09. The summed E-state index contributed by atoms with van der Waals surface area (Å²) >= 11 is 0. The number of rotatable bonds is 2. The second-order valence-electron chi connectivity index (χ2n) is 6.40. The lowest BCUT2D eigenvalue weighted by atomic mass is 9.67. The van der Waals surface area contributed by atoms with Gasteiger partial charge in [-0.25, -0.2) is 0 Å². The second kappa shape index (κ2) is 5.22. The van der Waals surface area contributed by atoms with Gasteiger partial charge in [-0.15, -0.1) is 0 Å². The highest BCUT2D eigenvalue weighted by atomic mass is 16.7. The fourth-order valence-corrected chi connectivity index (χ4v) is 4.44. The fourth-order valence-electron chi connectivity index (χ4n) is 4.44. The van der Waals surface area contributed by atoms with Crippen LogP contribution in [0.5, 0.6) is 0 Å². The summed E-state index contributed by atoms with van der Waals surface area (Å²) in [6.07, 6.45) is 7.99. The largest absolute Gasteiger partial charge is 0.353 e. The van der Waals surface area contributed by atoms with Crippen LogP contribution in [0.1, 0.15) is 36.3 Å². The van der Waals surface area contributed by atoms with Crippen LogP contribution in [-0.4, -0.2) is 20.0 Å². The van der Waals surface area contributed by atoms with E-state index in [2.05, 4.69) is 48.6 Å². The Morgan fingerprint density at radius 1 is 1.05 bits per heavy atom. The van der Waals surface area contributed by atoms with Crippen molar-refractivity contribution in [2.24, 2.45) is 5.92 Å². The molecular formula is C20H22O2. The van der Waals surface area contributed by atoms with Gasteiger partial charge >= 0.3 is 0 Å². The third-order valence-electron chi connectivity index (χ3n) is 5.51. The molecule has 2 aliphatic carbocycles. The average molecular weight is 294 g/mol. The van der Waals surface area contributed by atoms with Gasteiger partial charge in [0.2, 0.25) is 0 Å². The van der Waals surface area contributed by atoms with Crippen LogP contribution < -0.4 is 0 Å². The molecule has 2 heteroatoms. The van der Waals surface area contributed by atoms with Gasteiger partial charge in [0.1, 0.15) is 0 Å². The smallest absolute Gasteiger partial charge is 0.174 e. The van der Waals surface area contributed by atoms with Gasteiger partial charge < -0.3 is 9.47 Å². The third kappa shape index (κ3) is 1.87. The van der Waals surface area contributed by atoms with Crippen LogP contribution in [0.25, 0.3) is 16.8 Å². The molecule has 114 valence electrons. The highest BCUT2D eigenvalue weighted by Crippen LogP contribution is 2.51. The maximum Gasteiger partial charge on any atom is 0.174 e. The summed E-state index contributed by atoms with van der Waals surface area (Å²) in [6.45, 7) is 0. The SMILES string of the molecule is COC1(OC)CCCC2C=Cc3c(ccc4ccccc34)[C@@H]21. The molecule has 0 aliphatic heterocycles. The first-order valence-electron chi connectivity index (χ1n) is 8.09. The predicted octanol–water partition coefficient (Wildman–Crippen LogP) is 4.74. The summed E-state index contributed by atoms with van der Waals surface area (Å²) in [6, 6.07) is 13.1. The Labute approximate surface area is 131 Å². The van der Waals surface area contributed by atoms with E-state index in [-0.39, 0.29) is 5.92 Å². The zero-order valence-electron chi connectivity index (χ0n) is 13.2. The minimum Gasteiger partial charge on any atom is -0.353 e. The van der Waals surface area contributed by atoms with Crippen LogP contribution >= 0.6 is 0 Å². The van der Waals surface area contributed by atoms with E-state index in [0.29, 0.717) is 5.92 Å². The lowest BCUT2D eigenvalue weighted by Crippen LogP contribution is -2.47. The molecule has 0 spiro atoms. The van der Waals surface area contributed by atoms with Crippen LogP contribution in [0.2, 0.25) is 0 Å². The van der Waals surface area contributed by atoms with Crippen LogP contribution in [0.3, 0.4) is 0 Å². The number of methoxy groups -OCH3 is 2. The Kier molecular flexibility index (Phi) is 3.32. The van der Waals surface area contributed by atoms with Crippen molar-refractivity contribution >= 4 is 16.8 Å². The maximum atomic E-state index is 5.91. The van der Waals surface area contributed by atoms with E-state index in [0.717, 1.165) is 12.8 Å². The molecule has 4 rings (SSSR count). The Balaban J connectivity index is 1.94. The van der Waals surface area contributed by atoms with Crippen LogP contribution in [-0.2, 0) is 9.47 Å². The van der Waals surface area contributed by atoms with Crippen molar-refractivity contribution in [3.63, 3.8) is 0 Å². The standard InChI is InChI=1S/C20H22O2/c1-21-20(22-2)13-5-7-15-10-11-17-16-8-4-3-6-14(16)9-12-18(17)19(15)20/h3-4,6,8-12,15,19H,5,7,13H2,1-2H3/t15?,19-/m1/s1. The van der Waals surface area contributed by atoms with E-state index in [1.54, 1.807) is 14.2 Å². The van der Waals surface area contributed by atoms with Crippen molar-refractivity contribution in [3.8, 4) is 0 Å². The van der Waals surface area contributed by atoms with Crippen molar-refractivity contribution in [2.75, 3.05) is 14.2 Å². The third-order valence-corrected chi connectivity index (χ3v) is 5.51. The average Bonchev–Trinajstić information content (AvgIpc) is 2.60. The number of allylic oxidation sites excluding steroid dienone is 1. The van der Waals surface area contributed by atoms with Gasteiger partial charge in [0, 0.05) is 26.6 Å². The van der Waals surface area contributed by atoms with E-state index in [1.165, 1.54) is 28.3 Å². The van der Waals surface area contributed by atoms with Gasteiger partial charge in [-0.2, -0.15) is 0 Å². The molecule has 1 unspecified atom stereocenters. The highest BCUT2D eigenvalue weighted by Gasteiger charge is 2.48. The lowest BCUT2D eigenvalue weighted by molar-refractivity contribution is -0.241. The second-order valence-corrected chi connectivity index (χ2v) is 6.40. The maximum absolute atomic E-state index is 5.91. The molecule has 0 N–H and O–H groups in total. The Bertz CT molecular complexity index is 728. The zero-order chi connectivity index (χ0) is 15.2. The van der Waals surface area contributed by atoms with Crippen LogP contribution in [0.15, 0.2) is 42.5 Å². The zero-order valence-corrected chi connectivity index (χ0v) is 13.2.